The first-order chi connectivity index (χ1) is 8.90. The Hall–Kier alpha value is -0.0400. The average molecular weight is 362 g/mol. The van der Waals surface area contributed by atoms with Gasteiger partial charge in [-0.3, -0.25) is 0 Å². The molecule has 0 aliphatic carbocycles. The molecule has 0 saturated heterocycles. The number of hydrogen-bond acceptors (Lipinski definition) is 3. The van der Waals surface area contributed by atoms with E-state index < -0.39 is 10.0 Å². The van der Waals surface area contributed by atoms with Crippen molar-refractivity contribution in [1.29, 1.82) is 0 Å². The topological polar surface area (TPSA) is 72.2 Å². The second-order valence-corrected chi connectivity index (χ2v) is 6.80. The standard InChI is InChI=1S/C12H18Cl2N2O2S.ClH/c1-2-3-4-10(8-15)16-19(17,18)12-6-5-9(13)7-11(12)14;/h5-7,10,16H,2-4,8,15H2,1H3;1H. The Kier molecular flexibility index (Phi) is 9.06. The third-order valence-electron chi connectivity index (χ3n) is 2.70. The number of sulfonamides is 1. The number of benzene rings is 1. The lowest BCUT2D eigenvalue weighted by Gasteiger charge is -2.17. The van der Waals surface area contributed by atoms with E-state index >= 15 is 0 Å². The van der Waals surface area contributed by atoms with Gasteiger partial charge in [-0.2, -0.15) is 0 Å². The summed E-state index contributed by atoms with van der Waals surface area (Å²) in [6.45, 7) is 2.29. The zero-order valence-corrected chi connectivity index (χ0v) is 14.2. The lowest BCUT2D eigenvalue weighted by molar-refractivity contribution is 0.516. The molecule has 116 valence electrons. The molecule has 20 heavy (non-hydrogen) atoms. The Morgan fingerprint density at radius 2 is 2.00 bits per heavy atom. The van der Waals surface area contributed by atoms with Gasteiger partial charge in [0.15, 0.2) is 0 Å². The molecule has 1 atom stereocenters. The van der Waals surface area contributed by atoms with Gasteiger partial charge in [0.25, 0.3) is 0 Å². The molecule has 0 heterocycles. The zero-order valence-electron chi connectivity index (χ0n) is 11.1. The van der Waals surface area contributed by atoms with Crippen molar-refractivity contribution in [3.05, 3.63) is 28.2 Å². The highest BCUT2D eigenvalue weighted by Gasteiger charge is 2.21. The number of hydrogen-bond donors (Lipinski definition) is 2. The molecule has 1 rings (SSSR count). The van der Waals surface area contributed by atoms with Gasteiger partial charge in [0.05, 0.1) is 5.02 Å². The van der Waals surface area contributed by atoms with E-state index in [1.807, 2.05) is 6.92 Å². The summed E-state index contributed by atoms with van der Waals surface area (Å²) >= 11 is 11.7. The fourth-order valence-electron chi connectivity index (χ4n) is 1.65. The zero-order chi connectivity index (χ0) is 14.5. The van der Waals surface area contributed by atoms with Crippen molar-refractivity contribution in [3.8, 4) is 0 Å². The van der Waals surface area contributed by atoms with Crippen LogP contribution in [0.3, 0.4) is 0 Å². The lowest BCUT2D eigenvalue weighted by Crippen LogP contribution is -2.40. The highest BCUT2D eigenvalue weighted by molar-refractivity contribution is 7.89. The van der Waals surface area contributed by atoms with Crippen molar-refractivity contribution in [2.24, 2.45) is 5.73 Å². The van der Waals surface area contributed by atoms with Crippen LogP contribution in [-0.4, -0.2) is 21.0 Å². The molecule has 0 aliphatic heterocycles. The molecule has 1 aromatic carbocycles. The van der Waals surface area contributed by atoms with Crippen molar-refractivity contribution < 1.29 is 8.42 Å². The van der Waals surface area contributed by atoms with Crippen molar-refractivity contribution in [3.63, 3.8) is 0 Å². The summed E-state index contributed by atoms with van der Waals surface area (Å²) in [4.78, 5) is 0.0218. The molecule has 0 saturated carbocycles. The fraction of sp³-hybridized carbons (Fsp3) is 0.500. The molecule has 4 nitrogen and oxygen atoms in total. The number of rotatable bonds is 7. The van der Waals surface area contributed by atoms with Gasteiger partial charge < -0.3 is 5.73 Å². The quantitative estimate of drug-likeness (QED) is 0.783. The van der Waals surface area contributed by atoms with Crippen LogP contribution in [0.15, 0.2) is 23.1 Å². The number of halogens is 3. The maximum Gasteiger partial charge on any atom is 0.242 e. The van der Waals surface area contributed by atoms with Gasteiger partial charge in [0, 0.05) is 17.6 Å². The normalized spacial score (nSPS) is 12.8. The van der Waals surface area contributed by atoms with E-state index in [9.17, 15) is 8.42 Å². The molecule has 0 aliphatic rings. The smallest absolute Gasteiger partial charge is 0.242 e. The van der Waals surface area contributed by atoms with Crippen molar-refractivity contribution in [2.45, 2.75) is 37.1 Å². The first kappa shape index (κ1) is 20.0. The molecule has 0 amide bonds. The largest absolute Gasteiger partial charge is 0.329 e. The Morgan fingerprint density at radius 1 is 1.35 bits per heavy atom. The molecular formula is C12H19Cl3N2O2S. The summed E-state index contributed by atoms with van der Waals surface area (Å²) in [5.74, 6) is 0. The summed E-state index contributed by atoms with van der Waals surface area (Å²) in [6.07, 6.45) is 2.61. The summed E-state index contributed by atoms with van der Waals surface area (Å²) in [6, 6.07) is 4.00. The predicted octanol–water partition coefficient (Wildman–Crippen LogP) is 3.21. The van der Waals surface area contributed by atoms with Crippen LogP contribution in [0, 0.1) is 0 Å². The third kappa shape index (κ3) is 5.76. The first-order valence-electron chi connectivity index (χ1n) is 6.08. The number of unbranched alkanes of at least 4 members (excludes halogenated alkanes) is 1. The van der Waals surface area contributed by atoms with Crippen LogP contribution < -0.4 is 10.5 Å². The number of nitrogens with two attached hydrogens (primary N) is 1. The Balaban J connectivity index is 0.00000361. The minimum atomic E-state index is -3.67. The Labute approximate surface area is 136 Å². The summed E-state index contributed by atoms with van der Waals surface area (Å²) in [5, 5.41) is 0.497. The molecule has 1 unspecified atom stereocenters. The Morgan fingerprint density at radius 3 is 2.50 bits per heavy atom. The van der Waals surface area contributed by atoms with Crippen LogP contribution in [0.1, 0.15) is 26.2 Å². The van der Waals surface area contributed by atoms with E-state index in [1.54, 1.807) is 0 Å². The minimum Gasteiger partial charge on any atom is -0.329 e. The van der Waals surface area contributed by atoms with Crippen LogP contribution in [0.2, 0.25) is 10.0 Å². The van der Waals surface area contributed by atoms with E-state index in [0.717, 1.165) is 12.8 Å². The van der Waals surface area contributed by atoms with Crippen molar-refractivity contribution in [2.75, 3.05) is 6.54 Å². The van der Waals surface area contributed by atoms with E-state index in [2.05, 4.69) is 4.72 Å². The molecule has 0 bridgehead atoms. The molecular weight excluding hydrogens is 343 g/mol. The third-order valence-corrected chi connectivity index (χ3v) is 4.93. The van der Waals surface area contributed by atoms with Gasteiger partial charge in [-0.1, -0.05) is 43.0 Å². The van der Waals surface area contributed by atoms with Crippen LogP contribution in [0.4, 0.5) is 0 Å². The summed E-state index contributed by atoms with van der Waals surface area (Å²) < 4.78 is 27.0. The maximum atomic E-state index is 12.2. The van der Waals surface area contributed by atoms with E-state index in [4.69, 9.17) is 28.9 Å². The van der Waals surface area contributed by atoms with Gasteiger partial charge in [0.1, 0.15) is 4.90 Å². The van der Waals surface area contributed by atoms with Gasteiger partial charge in [0.2, 0.25) is 10.0 Å². The monoisotopic (exact) mass is 360 g/mol. The molecule has 1 aromatic rings. The molecule has 8 heteroatoms. The van der Waals surface area contributed by atoms with Gasteiger partial charge in [-0.15, -0.1) is 12.4 Å². The van der Waals surface area contributed by atoms with Crippen LogP contribution >= 0.6 is 35.6 Å². The van der Waals surface area contributed by atoms with E-state index in [-0.39, 0.29) is 34.9 Å². The van der Waals surface area contributed by atoms with Crippen molar-refractivity contribution >= 4 is 45.6 Å². The summed E-state index contributed by atoms with van der Waals surface area (Å²) in [7, 11) is -3.67. The van der Waals surface area contributed by atoms with Crippen LogP contribution in [-0.2, 0) is 10.0 Å². The number of nitrogens with one attached hydrogen (secondary N) is 1. The molecule has 0 radical (unpaired) electrons. The molecule has 3 N–H and O–H groups in total. The van der Waals surface area contributed by atoms with Gasteiger partial charge in [-0.05, 0) is 24.6 Å². The van der Waals surface area contributed by atoms with Crippen LogP contribution in [0.5, 0.6) is 0 Å². The highest BCUT2D eigenvalue weighted by atomic mass is 35.5. The highest BCUT2D eigenvalue weighted by Crippen LogP contribution is 2.25. The second-order valence-electron chi connectivity index (χ2n) is 4.27. The maximum absolute atomic E-state index is 12.2. The molecule has 0 spiro atoms. The summed E-state index contributed by atoms with van der Waals surface area (Å²) in [5.41, 5.74) is 5.58. The minimum absolute atomic E-state index is 0. The Bertz CT molecular complexity index is 523. The molecule has 0 aromatic heterocycles. The van der Waals surface area contributed by atoms with Crippen molar-refractivity contribution in [1.82, 2.24) is 4.72 Å². The van der Waals surface area contributed by atoms with E-state index in [0.29, 0.717) is 11.4 Å². The molecule has 0 fully saturated rings. The lowest BCUT2D eigenvalue weighted by atomic mass is 10.1. The SMILES string of the molecule is CCCCC(CN)NS(=O)(=O)c1ccc(Cl)cc1Cl.Cl. The average Bonchev–Trinajstić information content (AvgIpc) is 2.33. The van der Waals surface area contributed by atoms with E-state index in [1.165, 1.54) is 18.2 Å². The predicted molar refractivity (Wildman–Crippen MR) is 86.4 cm³/mol. The fourth-order valence-corrected chi connectivity index (χ4v) is 3.71. The van der Waals surface area contributed by atoms with Gasteiger partial charge in [-0.25, -0.2) is 13.1 Å². The van der Waals surface area contributed by atoms with Crippen LogP contribution in [0.25, 0.3) is 0 Å². The second kappa shape index (κ2) is 9.07. The van der Waals surface area contributed by atoms with Gasteiger partial charge >= 0.3 is 0 Å². The first-order valence-corrected chi connectivity index (χ1v) is 8.32.